The van der Waals surface area contributed by atoms with Crippen LogP contribution in [0.3, 0.4) is 0 Å². The van der Waals surface area contributed by atoms with E-state index in [9.17, 15) is 9.59 Å². The van der Waals surface area contributed by atoms with Crippen LogP contribution >= 0.6 is 0 Å². The molecule has 132 valence electrons. The highest BCUT2D eigenvalue weighted by Gasteiger charge is 2.18. The summed E-state index contributed by atoms with van der Waals surface area (Å²) < 4.78 is 1.77. The third-order valence-corrected chi connectivity index (χ3v) is 4.22. The summed E-state index contributed by atoms with van der Waals surface area (Å²) in [5, 5.41) is 7.23. The summed E-state index contributed by atoms with van der Waals surface area (Å²) in [5.74, 6) is -0.805. The fourth-order valence-corrected chi connectivity index (χ4v) is 2.79. The normalized spacial score (nSPS) is 10.5. The first-order chi connectivity index (χ1) is 12.5. The van der Waals surface area contributed by atoms with Gasteiger partial charge in [-0.15, -0.1) is 0 Å². The molecule has 0 atom stereocenters. The molecule has 1 aromatic heterocycles. The lowest BCUT2D eigenvalue weighted by Gasteiger charge is -2.11. The Morgan fingerprint density at radius 2 is 1.88 bits per heavy atom. The maximum atomic E-state index is 12.8. The predicted octanol–water partition coefficient (Wildman–Crippen LogP) is 3.09. The number of hydrogen-bond donors (Lipinski definition) is 2. The molecule has 0 bridgehead atoms. The van der Waals surface area contributed by atoms with Crippen molar-refractivity contribution >= 4 is 17.5 Å². The van der Waals surface area contributed by atoms with Crippen LogP contribution < -0.4 is 11.1 Å². The zero-order chi connectivity index (χ0) is 18.7. The molecular weight excluding hydrogens is 328 g/mol. The van der Waals surface area contributed by atoms with Gasteiger partial charge in [-0.2, -0.15) is 5.10 Å². The quantitative estimate of drug-likeness (QED) is 0.742. The predicted molar refractivity (Wildman–Crippen MR) is 101 cm³/mol. The van der Waals surface area contributed by atoms with Gasteiger partial charge in [0.15, 0.2) is 0 Å². The van der Waals surface area contributed by atoms with Crippen molar-refractivity contribution < 1.29 is 9.59 Å². The number of primary amides is 1. The Hall–Kier alpha value is -3.41. The second kappa shape index (κ2) is 7.23. The van der Waals surface area contributed by atoms with Gasteiger partial charge in [-0.3, -0.25) is 9.59 Å². The lowest BCUT2D eigenvalue weighted by Crippen LogP contribution is -2.16. The summed E-state index contributed by atoms with van der Waals surface area (Å²) >= 11 is 0. The number of aryl methyl sites for hydroxylation is 1. The molecule has 0 unspecified atom stereocenters. The van der Waals surface area contributed by atoms with Gasteiger partial charge in [-0.1, -0.05) is 31.2 Å². The van der Waals surface area contributed by atoms with E-state index in [1.54, 1.807) is 29.1 Å². The Morgan fingerprint density at radius 3 is 2.54 bits per heavy atom. The number of nitrogens with two attached hydrogens (primary N) is 1. The molecule has 3 aromatic rings. The van der Waals surface area contributed by atoms with Crippen LogP contribution in [0.2, 0.25) is 0 Å². The molecule has 3 N–H and O–H groups in total. The Bertz CT molecular complexity index is 961. The van der Waals surface area contributed by atoms with Gasteiger partial charge in [-0.25, -0.2) is 4.68 Å². The van der Waals surface area contributed by atoms with E-state index in [0.29, 0.717) is 23.2 Å². The first-order valence-electron chi connectivity index (χ1n) is 8.35. The number of hydrogen-bond acceptors (Lipinski definition) is 3. The average molecular weight is 348 g/mol. The fraction of sp³-hybridized carbons (Fsp3) is 0.150. The maximum absolute atomic E-state index is 12.8. The van der Waals surface area contributed by atoms with Crippen LogP contribution in [0.25, 0.3) is 5.69 Å². The third kappa shape index (κ3) is 3.35. The molecule has 6 nitrogen and oxygen atoms in total. The van der Waals surface area contributed by atoms with Gasteiger partial charge in [0.1, 0.15) is 0 Å². The largest absolute Gasteiger partial charge is 0.366 e. The summed E-state index contributed by atoms with van der Waals surface area (Å²) in [7, 11) is 0. The zero-order valence-electron chi connectivity index (χ0n) is 14.7. The van der Waals surface area contributed by atoms with E-state index in [1.165, 1.54) is 0 Å². The number of benzene rings is 2. The van der Waals surface area contributed by atoms with Gasteiger partial charge in [0.05, 0.1) is 23.1 Å². The Balaban J connectivity index is 1.93. The standard InChI is InChI=1S/C20H20N4O2/c1-3-18-16(12-22-24(18)15-7-5-4-6-8-15)20(26)23-17-11-14(19(21)25)10-9-13(17)2/h4-12H,3H2,1-2H3,(H2,21,25)(H,23,26). The minimum atomic E-state index is -0.536. The van der Waals surface area contributed by atoms with Gasteiger partial charge >= 0.3 is 0 Å². The number of carbonyl (C=O) groups is 2. The van der Waals surface area contributed by atoms with Crippen molar-refractivity contribution in [3.63, 3.8) is 0 Å². The van der Waals surface area contributed by atoms with Gasteiger partial charge in [0.2, 0.25) is 5.91 Å². The summed E-state index contributed by atoms with van der Waals surface area (Å²) in [6.45, 7) is 3.83. The molecule has 1 heterocycles. The number of amides is 2. The van der Waals surface area contributed by atoms with E-state index >= 15 is 0 Å². The molecule has 0 saturated carbocycles. The highest BCUT2D eigenvalue weighted by molar-refractivity contribution is 6.06. The van der Waals surface area contributed by atoms with Gasteiger partial charge in [-0.05, 0) is 43.2 Å². The number of rotatable bonds is 5. The molecule has 2 aromatic carbocycles. The zero-order valence-corrected chi connectivity index (χ0v) is 14.7. The highest BCUT2D eigenvalue weighted by atomic mass is 16.2. The molecular formula is C20H20N4O2. The topological polar surface area (TPSA) is 90.0 Å². The molecule has 3 rings (SSSR count). The second-order valence-corrected chi connectivity index (χ2v) is 5.95. The fourth-order valence-electron chi connectivity index (χ4n) is 2.79. The van der Waals surface area contributed by atoms with Crippen LogP contribution in [0.1, 0.15) is 38.9 Å². The van der Waals surface area contributed by atoms with Crippen molar-refractivity contribution in [1.82, 2.24) is 9.78 Å². The van der Waals surface area contributed by atoms with Crippen LogP contribution in [-0.2, 0) is 6.42 Å². The monoisotopic (exact) mass is 348 g/mol. The Labute approximate surface area is 151 Å². The third-order valence-electron chi connectivity index (χ3n) is 4.22. The minimum absolute atomic E-state index is 0.270. The van der Waals surface area contributed by atoms with E-state index in [2.05, 4.69) is 10.4 Å². The molecule has 0 aliphatic heterocycles. The maximum Gasteiger partial charge on any atom is 0.259 e. The van der Waals surface area contributed by atoms with E-state index in [-0.39, 0.29) is 5.91 Å². The van der Waals surface area contributed by atoms with E-state index in [0.717, 1.165) is 16.9 Å². The average Bonchev–Trinajstić information content (AvgIpc) is 3.08. The van der Waals surface area contributed by atoms with Crippen molar-refractivity contribution in [3.05, 3.63) is 77.1 Å². The molecule has 0 radical (unpaired) electrons. The molecule has 0 spiro atoms. The van der Waals surface area contributed by atoms with Crippen LogP contribution in [0.15, 0.2) is 54.7 Å². The van der Waals surface area contributed by atoms with Crippen molar-refractivity contribution in [1.29, 1.82) is 0 Å². The summed E-state index contributed by atoms with van der Waals surface area (Å²) in [6, 6.07) is 14.6. The van der Waals surface area contributed by atoms with Crippen LogP contribution in [-0.4, -0.2) is 21.6 Å². The number of nitrogens with zero attached hydrogens (tertiary/aromatic N) is 2. The number of anilines is 1. The van der Waals surface area contributed by atoms with E-state index < -0.39 is 5.91 Å². The lowest BCUT2D eigenvalue weighted by atomic mass is 10.1. The first kappa shape index (κ1) is 17.4. The first-order valence-corrected chi connectivity index (χ1v) is 8.35. The summed E-state index contributed by atoms with van der Waals surface area (Å²) in [5.41, 5.74) is 9.29. The molecule has 2 amide bonds. The van der Waals surface area contributed by atoms with Crippen molar-refractivity contribution in [2.24, 2.45) is 5.73 Å². The van der Waals surface area contributed by atoms with Gasteiger partial charge in [0.25, 0.3) is 5.91 Å². The van der Waals surface area contributed by atoms with Crippen LogP contribution in [0.4, 0.5) is 5.69 Å². The van der Waals surface area contributed by atoms with Crippen LogP contribution in [0, 0.1) is 6.92 Å². The molecule has 0 fully saturated rings. The second-order valence-electron chi connectivity index (χ2n) is 5.95. The number of aromatic nitrogens is 2. The Morgan fingerprint density at radius 1 is 1.15 bits per heavy atom. The number of nitrogens with one attached hydrogen (secondary N) is 1. The lowest BCUT2D eigenvalue weighted by molar-refractivity contribution is 0.0996. The van der Waals surface area contributed by atoms with Gasteiger partial charge < -0.3 is 11.1 Å². The molecule has 0 aliphatic rings. The van der Waals surface area contributed by atoms with Crippen molar-refractivity contribution in [2.75, 3.05) is 5.32 Å². The molecule has 0 saturated heterocycles. The smallest absolute Gasteiger partial charge is 0.259 e. The Kier molecular flexibility index (Phi) is 4.84. The molecule has 6 heteroatoms. The SMILES string of the molecule is CCc1c(C(=O)Nc2cc(C(N)=O)ccc2C)cnn1-c1ccccc1. The van der Waals surface area contributed by atoms with Gasteiger partial charge in [0, 0.05) is 11.3 Å². The van der Waals surface area contributed by atoms with Crippen LogP contribution in [0.5, 0.6) is 0 Å². The summed E-state index contributed by atoms with van der Waals surface area (Å²) in [6.07, 6.45) is 2.21. The van der Waals surface area contributed by atoms with E-state index in [4.69, 9.17) is 5.73 Å². The van der Waals surface area contributed by atoms with Crippen molar-refractivity contribution in [3.8, 4) is 5.69 Å². The molecule has 26 heavy (non-hydrogen) atoms. The number of para-hydroxylation sites is 1. The highest BCUT2D eigenvalue weighted by Crippen LogP contribution is 2.20. The minimum Gasteiger partial charge on any atom is -0.366 e. The van der Waals surface area contributed by atoms with Crippen molar-refractivity contribution in [2.45, 2.75) is 20.3 Å². The van der Waals surface area contributed by atoms with E-state index in [1.807, 2.05) is 44.2 Å². The number of carbonyl (C=O) groups excluding carboxylic acids is 2. The summed E-state index contributed by atoms with van der Waals surface area (Å²) in [4.78, 5) is 24.2. The molecule has 0 aliphatic carbocycles.